The van der Waals surface area contributed by atoms with Crippen LogP contribution in [0.1, 0.15) is 11.1 Å². The average molecular weight is 452 g/mol. The number of benzene rings is 3. The maximum absolute atomic E-state index is 12.4. The number of aromatic nitrogens is 1. The Bertz CT molecular complexity index is 1290. The van der Waals surface area contributed by atoms with Crippen LogP contribution in [-0.4, -0.2) is 21.7 Å². The van der Waals surface area contributed by atoms with Crippen LogP contribution in [-0.2, 0) is 0 Å². The number of non-ortho nitro benzene ring substituents is 1. The zero-order valence-corrected chi connectivity index (χ0v) is 17.4. The standard InChI is InChI=1S/C21H14ClN5O3S/c22-15-8-6-14(7-9-15)19(13-4-2-1-3-5-13)25-26-20(28)24-21-23-17-11-10-16(27(29)30)12-18(17)31-21/h1-12H,(H2,23,24,26,28)/b25-19-. The van der Waals surface area contributed by atoms with Crippen molar-refractivity contribution in [3.05, 3.63) is 99.1 Å². The van der Waals surface area contributed by atoms with Gasteiger partial charge in [0.05, 0.1) is 20.9 Å². The van der Waals surface area contributed by atoms with Gasteiger partial charge in [0, 0.05) is 28.3 Å². The van der Waals surface area contributed by atoms with Gasteiger partial charge < -0.3 is 0 Å². The highest BCUT2D eigenvalue weighted by atomic mass is 35.5. The molecule has 4 rings (SSSR count). The summed E-state index contributed by atoms with van der Waals surface area (Å²) in [5, 5.41) is 18.7. The Hall–Kier alpha value is -3.82. The van der Waals surface area contributed by atoms with Gasteiger partial charge in [-0.15, -0.1) is 0 Å². The molecule has 4 aromatic rings. The summed E-state index contributed by atoms with van der Waals surface area (Å²) >= 11 is 7.11. The van der Waals surface area contributed by atoms with Gasteiger partial charge in [-0.05, 0) is 18.2 Å². The smallest absolute Gasteiger partial charge is 0.282 e. The van der Waals surface area contributed by atoms with Crippen LogP contribution in [0.4, 0.5) is 15.6 Å². The summed E-state index contributed by atoms with van der Waals surface area (Å²) in [4.78, 5) is 27.1. The maximum atomic E-state index is 12.4. The summed E-state index contributed by atoms with van der Waals surface area (Å²) in [7, 11) is 0. The summed E-state index contributed by atoms with van der Waals surface area (Å²) in [5.74, 6) is 0. The number of urea groups is 1. The van der Waals surface area contributed by atoms with E-state index in [0.717, 1.165) is 22.5 Å². The molecule has 10 heteroatoms. The van der Waals surface area contributed by atoms with Crippen molar-refractivity contribution in [1.82, 2.24) is 10.4 Å². The van der Waals surface area contributed by atoms with E-state index in [4.69, 9.17) is 11.6 Å². The first-order valence-electron chi connectivity index (χ1n) is 9.00. The van der Waals surface area contributed by atoms with E-state index in [-0.39, 0.29) is 5.69 Å². The van der Waals surface area contributed by atoms with E-state index < -0.39 is 11.0 Å². The zero-order chi connectivity index (χ0) is 21.8. The molecule has 0 fully saturated rings. The third-order valence-electron chi connectivity index (χ3n) is 4.24. The quantitative estimate of drug-likeness (QED) is 0.239. The van der Waals surface area contributed by atoms with Crippen LogP contribution >= 0.6 is 22.9 Å². The number of anilines is 1. The Morgan fingerprint density at radius 3 is 2.45 bits per heavy atom. The van der Waals surface area contributed by atoms with Crippen LogP contribution in [0.2, 0.25) is 5.02 Å². The van der Waals surface area contributed by atoms with E-state index in [1.165, 1.54) is 12.1 Å². The number of rotatable bonds is 5. The van der Waals surface area contributed by atoms with E-state index in [9.17, 15) is 14.9 Å². The molecule has 8 nitrogen and oxygen atoms in total. The predicted molar refractivity (Wildman–Crippen MR) is 122 cm³/mol. The number of hydrazone groups is 1. The molecule has 0 radical (unpaired) electrons. The summed E-state index contributed by atoms with van der Waals surface area (Å²) in [6, 6.07) is 20.3. The van der Waals surface area contributed by atoms with E-state index in [2.05, 4.69) is 20.8 Å². The lowest BCUT2D eigenvalue weighted by Crippen LogP contribution is -2.25. The second-order valence-electron chi connectivity index (χ2n) is 6.33. The van der Waals surface area contributed by atoms with E-state index >= 15 is 0 Å². The molecule has 154 valence electrons. The second-order valence-corrected chi connectivity index (χ2v) is 7.79. The fourth-order valence-electron chi connectivity index (χ4n) is 2.81. The van der Waals surface area contributed by atoms with Crippen molar-refractivity contribution < 1.29 is 9.72 Å². The number of halogens is 1. The SMILES string of the molecule is O=C(N/N=C(/c1ccccc1)c1ccc(Cl)cc1)Nc1nc2ccc([N+](=O)[O-])cc2s1. The van der Waals surface area contributed by atoms with Crippen LogP contribution < -0.4 is 10.7 Å². The first-order valence-corrected chi connectivity index (χ1v) is 10.2. The molecule has 3 aromatic carbocycles. The minimum atomic E-state index is -0.587. The molecular formula is C21H14ClN5O3S. The van der Waals surface area contributed by atoms with Crippen molar-refractivity contribution in [2.75, 3.05) is 5.32 Å². The molecule has 1 heterocycles. The molecule has 0 aliphatic rings. The fraction of sp³-hybridized carbons (Fsp3) is 0. The van der Waals surface area contributed by atoms with E-state index in [0.29, 0.717) is 26.1 Å². The van der Waals surface area contributed by atoms with Gasteiger partial charge in [0.25, 0.3) is 5.69 Å². The van der Waals surface area contributed by atoms with Crippen molar-refractivity contribution in [1.29, 1.82) is 0 Å². The molecule has 0 spiro atoms. The first kappa shape index (κ1) is 20.5. The summed E-state index contributed by atoms with van der Waals surface area (Å²) in [6.45, 7) is 0. The zero-order valence-electron chi connectivity index (χ0n) is 15.8. The van der Waals surface area contributed by atoms with Crippen molar-refractivity contribution in [3.8, 4) is 0 Å². The highest BCUT2D eigenvalue weighted by molar-refractivity contribution is 7.22. The Kier molecular flexibility index (Phi) is 5.87. The number of carbonyl (C=O) groups is 1. The number of hydrogen-bond donors (Lipinski definition) is 2. The molecule has 2 amide bonds. The van der Waals surface area contributed by atoms with Gasteiger partial charge in [0.1, 0.15) is 0 Å². The number of fused-ring (bicyclic) bond motifs is 1. The summed E-state index contributed by atoms with van der Waals surface area (Å²) in [6.07, 6.45) is 0. The Morgan fingerprint density at radius 1 is 1.03 bits per heavy atom. The number of nitro groups is 1. The van der Waals surface area contributed by atoms with E-state index in [1.54, 1.807) is 18.2 Å². The monoisotopic (exact) mass is 451 g/mol. The van der Waals surface area contributed by atoms with Gasteiger partial charge >= 0.3 is 6.03 Å². The fourth-order valence-corrected chi connectivity index (χ4v) is 3.83. The van der Waals surface area contributed by atoms with Gasteiger partial charge in [-0.25, -0.2) is 15.2 Å². The molecule has 0 aliphatic carbocycles. The number of nitrogens with zero attached hydrogens (tertiary/aromatic N) is 3. The van der Waals surface area contributed by atoms with Gasteiger partial charge in [0.2, 0.25) is 0 Å². The third-order valence-corrected chi connectivity index (χ3v) is 5.42. The topological polar surface area (TPSA) is 110 Å². The normalized spacial score (nSPS) is 11.3. The van der Waals surface area contributed by atoms with Gasteiger partial charge in [-0.1, -0.05) is 65.4 Å². The van der Waals surface area contributed by atoms with Crippen molar-refractivity contribution in [2.24, 2.45) is 5.10 Å². The number of hydrogen-bond acceptors (Lipinski definition) is 6. The molecule has 31 heavy (non-hydrogen) atoms. The molecule has 2 N–H and O–H groups in total. The van der Waals surface area contributed by atoms with Crippen LogP contribution in [0, 0.1) is 10.1 Å². The lowest BCUT2D eigenvalue weighted by molar-refractivity contribution is -0.384. The number of thiazole rings is 1. The number of nitro benzene ring substituents is 1. The molecule has 0 unspecified atom stereocenters. The number of carbonyl (C=O) groups excluding carboxylic acids is 1. The van der Waals surface area contributed by atoms with Crippen LogP contribution in [0.5, 0.6) is 0 Å². The van der Waals surface area contributed by atoms with Crippen molar-refractivity contribution in [3.63, 3.8) is 0 Å². The summed E-state index contributed by atoms with van der Waals surface area (Å²) in [5.41, 5.74) is 5.16. The largest absolute Gasteiger partial charge is 0.341 e. The Labute approximate surface area is 185 Å². The highest BCUT2D eigenvalue weighted by Gasteiger charge is 2.13. The molecule has 1 aromatic heterocycles. The molecule has 0 atom stereocenters. The van der Waals surface area contributed by atoms with Crippen LogP contribution in [0.15, 0.2) is 77.9 Å². The second kappa shape index (κ2) is 8.90. The molecule has 0 aliphatic heterocycles. The summed E-state index contributed by atoms with van der Waals surface area (Å²) < 4.78 is 0.596. The molecule has 0 saturated heterocycles. The van der Waals surface area contributed by atoms with Crippen LogP contribution in [0.3, 0.4) is 0 Å². The van der Waals surface area contributed by atoms with Gasteiger partial charge in [0.15, 0.2) is 5.13 Å². The van der Waals surface area contributed by atoms with E-state index in [1.807, 2.05) is 42.5 Å². The van der Waals surface area contributed by atoms with Gasteiger partial charge in [-0.3, -0.25) is 15.4 Å². The maximum Gasteiger partial charge on any atom is 0.341 e. The molecular weight excluding hydrogens is 438 g/mol. The van der Waals surface area contributed by atoms with Crippen LogP contribution in [0.25, 0.3) is 10.2 Å². The minimum absolute atomic E-state index is 0.0350. The average Bonchev–Trinajstić information content (AvgIpc) is 3.17. The number of amides is 2. The number of nitrogens with one attached hydrogen (secondary N) is 2. The predicted octanol–water partition coefficient (Wildman–Crippen LogP) is 5.43. The Morgan fingerprint density at radius 2 is 1.74 bits per heavy atom. The Balaban J connectivity index is 1.55. The third kappa shape index (κ3) is 4.85. The van der Waals surface area contributed by atoms with Gasteiger partial charge in [-0.2, -0.15) is 5.10 Å². The highest BCUT2D eigenvalue weighted by Crippen LogP contribution is 2.29. The minimum Gasteiger partial charge on any atom is -0.282 e. The lowest BCUT2D eigenvalue weighted by atomic mass is 10.0. The lowest BCUT2D eigenvalue weighted by Gasteiger charge is -2.08. The first-order chi connectivity index (χ1) is 15.0. The van der Waals surface area contributed by atoms with Crippen molar-refractivity contribution in [2.45, 2.75) is 0 Å². The molecule has 0 saturated carbocycles. The van der Waals surface area contributed by atoms with Crippen molar-refractivity contribution >= 4 is 55.7 Å². The molecule has 0 bridgehead atoms.